The highest BCUT2D eigenvalue weighted by molar-refractivity contribution is 6.33. The maximum Gasteiger partial charge on any atom is 0.296 e. The van der Waals surface area contributed by atoms with Gasteiger partial charge in [-0.15, -0.1) is 0 Å². The third-order valence-electron chi connectivity index (χ3n) is 7.77. The normalized spacial score (nSPS) is 28.1. The van der Waals surface area contributed by atoms with Crippen LogP contribution in [0.25, 0.3) is 11.2 Å². The number of aromatic nitrogens is 3. The lowest BCUT2D eigenvalue weighted by molar-refractivity contribution is 0.00706. The molecule has 3 saturated heterocycles. The fraction of sp³-hybridized carbons (Fsp3) is 0.500. The number of nitrogens with one attached hydrogen (secondary N) is 2. The summed E-state index contributed by atoms with van der Waals surface area (Å²) < 4.78 is 37.8. The number of aliphatic hydroxyl groups is 1. The highest BCUT2D eigenvalue weighted by Crippen LogP contribution is 2.38. The summed E-state index contributed by atoms with van der Waals surface area (Å²) in [5.41, 5.74) is 2.63. The minimum Gasteiger partial charge on any atom is -0.456 e. The molecule has 0 saturated carbocycles. The Hall–Kier alpha value is -3.03. The van der Waals surface area contributed by atoms with Gasteiger partial charge in [0.25, 0.3) is 11.9 Å². The van der Waals surface area contributed by atoms with Gasteiger partial charge in [0.2, 0.25) is 0 Å². The van der Waals surface area contributed by atoms with Crippen molar-refractivity contribution in [2.45, 2.75) is 43.3 Å². The van der Waals surface area contributed by atoms with Crippen molar-refractivity contribution in [3.8, 4) is 6.01 Å². The van der Waals surface area contributed by atoms with Gasteiger partial charge in [-0.3, -0.25) is 4.79 Å². The molecule has 1 amide bonds. The fourth-order valence-electron chi connectivity index (χ4n) is 5.84. The van der Waals surface area contributed by atoms with Crippen molar-refractivity contribution in [2.75, 3.05) is 44.8 Å². The molecular formula is C26H27ClFN5O6. The Labute approximate surface area is 227 Å². The van der Waals surface area contributed by atoms with E-state index in [0.29, 0.717) is 72.3 Å². The number of hydrogen-bond acceptors (Lipinski definition) is 9. The summed E-state index contributed by atoms with van der Waals surface area (Å²) in [5, 5.41) is 13.6. The molecule has 1 unspecified atom stereocenters. The number of anilines is 1. The zero-order valence-electron chi connectivity index (χ0n) is 20.9. The van der Waals surface area contributed by atoms with Gasteiger partial charge in [-0.05, 0) is 36.6 Å². The Morgan fingerprint density at radius 3 is 2.85 bits per heavy atom. The second kappa shape index (κ2) is 9.86. The molecule has 11 nitrogen and oxygen atoms in total. The van der Waals surface area contributed by atoms with E-state index in [2.05, 4.69) is 20.3 Å². The van der Waals surface area contributed by atoms with Crippen LogP contribution in [-0.4, -0.2) is 94.8 Å². The summed E-state index contributed by atoms with van der Waals surface area (Å²) >= 11 is 6.53. The topological polar surface area (TPSA) is 131 Å². The average molecular weight is 560 g/mol. The number of aromatic amines is 1. The number of fused-ring (bicyclic) bond motifs is 3. The average Bonchev–Trinajstić information content (AvgIpc) is 3.71. The van der Waals surface area contributed by atoms with E-state index in [1.165, 1.54) is 6.07 Å². The summed E-state index contributed by atoms with van der Waals surface area (Å²) in [6, 6.07) is 4.67. The van der Waals surface area contributed by atoms with Crippen LogP contribution in [0, 0.1) is 5.82 Å². The number of aryl methyl sites for hydroxylation is 1. The summed E-state index contributed by atoms with van der Waals surface area (Å²) in [5.74, 6) is -0.235. The quantitative estimate of drug-likeness (QED) is 0.430. The molecule has 3 aliphatic heterocycles. The molecule has 13 heteroatoms. The maximum atomic E-state index is 15.3. The Morgan fingerprint density at radius 1 is 1.18 bits per heavy atom. The fourth-order valence-corrected chi connectivity index (χ4v) is 6.04. The van der Waals surface area contributed by atoms with Crippen LogP contribution in [0.1, 0.15) is 33.9 Å². The van der Waals surface area contributed by atoms with Crippen LogP contribution < -0.4 is 10.1 Å². The molecule has 7 rings (SSSR count). The first-order valence-electron chi connectivity index (χ1n) is 13.0. The number of benzene rings is 1. The lowest BCUT2D eigenvalue weighted by Crippen LogP contribution is -2.40. The highest BCUT2D eigenvalue weighted by atomic mass is 35.5. The van der Waals surface area contributed by atoms with E-state index in [4.69, 9.17) is 30.5 Å². The van der Waals surface area contributed by atoms with Gasteiger partial charge in [0.15, 0.2) is 11.8 Å². The first-order valence-corrected chi connectivity index (χ1v) is 13.4. The van der Waals surface area contributed by atoms with Gasteiger partial charge in [0, 0.05) is 24.2 Å². The van der Waals surface area contributed by atoms with Crippen LogP contribution in [0.2, 0.25) is 5.02 Å². The molecule has 5 atom stereocenters. The van der Waals surface area contributed by atoms with Crippen molar-refractivity contribution >= 4 is 34.5 Å². The number of aliphatic hydroxyl groups excluding tert-OH is 1. The Balaban J connectivity index is 1.09. The predicted molar refractivity (Wildman–Crippen MR) is 137 cm³/mol. The molecule has 39 heavy (non-hydrogen) atoms. The maximum absolute atomic E-state index is 15.3. The van der Waals surface area contributed by atoms with Crippen molar-refractivity contribution in [3.63, 3.8) is 0 Å². The smallest absolute Gasteiger partial charge is 0.296 e. The molecule has 0 radical (unpaired) electrons. The van der Waals surface area contributed by atoms with E-state index in [0.717, 1.165) is 5.56 Å². The van der Waals surface area contributed by atoms with E-state index < -0.39 is 24.1 Å². The number of carbonyl (C=O) groups is 1. The number of H-pyrrole nitrogens is 1. The second-order valence-corrected chi connectivity index (χ2v) is 10.6. The minimum absolute atomic E-state index is 0.182. The first kappa shape index (κ1) is 25.0. The van der Waals surface area contributed by atoms with Gasteiger partial charge in [0.1, 0.15) is 29.9 Å². The van der Waals surface area contributed by atoms with Gasteiger partial charge < -0.3 is 39.3 Å². The molecular weight excluding hydrogens is 533 g/mol. The van der Waals surface area contributed by atoms with Crippen LogP contribution in [0.15, 0.2) is 18.2 Å². The number of carbonyl (C=O) groups excluding carboxylic acids is 1. The lowest BCUT2D eigenvalue weighted by Gasteiger charge is -2.27. The van der Waals surface area contributed by atoms with Crippen molar-refractivity contribution < 1.29 is 33.2 Å². The SMILES string of the molecule is O=C(c1cc(F)c2c(c1)CCC2Nc1nc2nc(O[C@@H]3CO[C@H]4[C@@H]3OC[C@H]4O)[nH]c2cc1Cl)N1CCOCC1. The minimum atomic E-state index is -0.671. The third-order valence-corrected chi connectivity index (χ3v) is 8.06. The van der Waals surface area contributed by atoms with Crippen molar-refractivity contribution in [1.82, 2.24) is 19.9 Å². The molecule has 4 aliphatic rings. The zero-order chi connectivity index (χ0) is 26.7. The Kier molecular flexibility index (Phi) is 6.31. The summed E-state index contributed by atoms with van der Waals surface area (Å²) in [6.07, 6.45) is -0.621. The Bertz CT molecular complexity index is 1430. The molecule has 3 N–H and O–H groups in total. The van der Waals surface area contributed by atoms with E-state index in [-0.39, 0.29) is 37.3 Å². The van der Waals surface area contributed by atoms with Crippen molar-refractivity contribution in [2.24, 2.45) is 0 Å². The number of hydrogen-bond donors (Lipinski definition) is 3. The predicted octanol–water partition coefficient (Wildman–Crippen LogP) is 2.23. The molecule has 2 aromatic heterocycles. The summed E-state index contributed by atoms with van der Waals surface area (Å²) in [4.78, 5) is 26.6. The van der Waals surface area contributed by atoms with E-state index in [1.54, 1.807) is 17.0 Å². The van der Waals surface area contributed by atoms with Crippen LogP contribution >= 0.6 is 11.6 Å². The summed E-state index contributed by atoms with van der Waals surface area (Å²) in [6.45, 7) is 2.46. The Morgan fingerprint density at radius 2 is 2.00 bits per heavy atom. The van der Waals surface area contributed by atoms with Crippen LogP contribution in [0.5, 0.6) is 6.01 Å². The van der Waals surface area contributed by atoms with Gasteiger partial charge in [0.05, 0.1) is 43.0 Å². The molecule has 1 aliphatic carbocycles. The van der Waals surface area contributed by atoms with Gasteiger partial charge in [-0.25, -0.2) is 9.37 Å². The first-order chi connectivity index (χ1) is 18.9. The van der Waals surface area contributed by atoms with Crippen LogP contribution in [0.4, 0.5) is 10.2 Å². The number of pyridine rings is 1. The van der Waals surface area contributed by atoms with Crippen LogP contribution in [-0.2, 0) is 20.6 Å². The van der Waals surface area contributed by atoms with E-state index in [9.17, 15) is 9.90 Å². The number of rotatable bonds is 5. The number of morpholine rings is 1. The van der Waals surface area contributed by atoms with Crippen LogP contribution in [0.3, 0.4) is 0 Å². The monoisotopic (exact) mass is 559 g/mol. The van der Waals surface area contributed by atoms with Crippen molar-refractivity contribution in [3.05, 3.63) is 45.7 Å². The number of nitrogens with zero attached hydrogens (tertiary/aromatic N) is 3. The standard InChI is InChI=1S/C26H27ClFN5O6/c27-14-9-17-24(32-26(30-17)39-19-11-38-21-18(34)10-37-22(19)21)31-23(14)29-16-2-1-12-7-13(8-15(28)20(12)16)25(35)33-3-5-36-6-4-33/h7-9,16,18-19,21-22,34H,1-6,10-11H2,(H2,29,30,31,32)/t16?,18-,19-,21-,22-/m1/s1. The molecule has 0 spiro atoms. The highest BCUT2D eigenvalue weighted by Gasteiger charge is 2.48. The van der Waals surface area contributed by atoms with Gasteiger partial charge >= 0.3 is 0 Å². The zero-order valence-corrected chi connectivity index (χ0v) is 21.6. The number of imidazole rings is 1. The second-order valence-electron chi connectivity index (χ2n) is 10.2. The third kappa shape index (κ3) is 4.49. The summed E-state index contributed by atoms with van der Waals surface area (Å²) in [7, 11) is 0. The molecule has 0 bridgehead atoms. The lowest BCUT2D eigenvalue weighted by atomic mass is 10.0. The van der Waals surface area contributed by atoms with Gasteiger partial charge in [-0.1, -0.05) is 11.6 Å². The number of ether oxygens (including phenoxy) is 4. The molecule has 206 valence electrons. The molecule has 3 aromatic rings. The number of amides is 1. The van der Waals surface area contributed by atoms with E-state index in [1.807, 2.05) is 0 Å². The largest absolute Gasteiger partial charge is 0.456 e. The molecule has 1 aromatic carbocycles. The number of halogens is 2. The molecule has 5 heterocycles. The molecule has 3 fully saturated rings. The van der Waals surface area contributed by atoms with Crippen molar-refractivity contribution in [1.29, 1.82) is 0 Å². The van der Waals surface area contributed by atoms with E-state index >= 15 is 4.39 Å². The van der Waals surface area contributed by atoms with Gasteiger partial charge in [-0.2, -0.15) is 4.98 Å².